The summed E-state index contributed by atoms with van der Waals surface area (Å²) in [5, 5.41) is 10.7. The molecule has 0 aliphatic carbocycles. The van der Waals surface area contributed by atoms with Gasteiger partial charge in [0.05, 0.1) is 0 Å². The van der Waals surface area contributed by atoms with E-state index in [9.17, 15) is 26.7 Å². The molecular formula is C18H20F5N5O. The molecule has 0 atom stereocenters. The summed E-state index contributed by atoms with van der Waals surface area (Å²) < 4.78 is 63.4. The molecule has 3 N–H and O–H groups in total. The van der Waals surface area contributed by atoms with E-state index in [1.807, 2.05) is 25.9 Å². The molecule has 0 saturated carbocycles. The molecule has 11 heteroatoms. The van der Waals surface area contributed by atoms with Crippen molar-refractivity contribution in [1.29, 1.82) is 0 Å². The third-order valence-electron chi connectivity index (χ3n) is 3.54. The fourth-order valence-corrected chi connectivity index (χ4v) is 2.05. The standard InChI is InChI=1S/C18H20F5N5O/c1-17(2,3)9-24-16(25-13-8-12(27-28-13)18(21,22)23)26-15(29)11-6-4-10(5-7-11)14(19)20/h4-8,14H,9H2,1-3H3,(H3,24,25,26,27,28,29). The van der Waals surface area contributed by atoms with Crippen molar-refractivity contribution in [3.63, 3.8) is 0 Å². The smallest absolute Gasteiger partial charge is 0.355 e. The minimum absolute atomic E-state index is 0.0456. The van der Waals surface area contributed by atoms with Crippen LogP contribution in [0.15, 0.2) is 35.3 Å². The molecular weight excluding hydrogens is 397 g/mol. The lowest BCUT2D eigenvalue weighted by Crippen LogP contribution is -2.37. The Morgan fingerprint density at radius 3 is 2.28 bits per heavy atom. The van der Waals surface area contributed by atoms with E-state index in [4.69, 9.17) is 0 Å². The van der Waals surface area contributed by atoms with Crippen molar-refractivity contribution in [2.45, 2.75) is 33.4 Å². The zero-order chi connectivity index (χ0) is 21.8. The number of benzene rings is 1. The number of nitrogens with zero attached hydrogens (tertiary/aromatic N) is 2. The predicted octanol–water partition coefficient (Wildman–Crippen LogP) is 4.61. The van der Waals surface area contributed by atoms with Gasteiger partial charge < -0.3 is 10.6 Å². The molecule has 0 fully saturated rings. The topological polar surface area (TPSA) is 82.2 Å². The lowest BCUT2D eigenvalue weighted by Gasteiger charge is -2.20. The molecule has 0 spiro atoms. The Kier molecular flexibility index (Phi) is 6.60. The molecule has 0 aliphatic heterocycles. The number of hydrogen-bond acceptors (Lipinski definition) is 2. The molecule has 0 aliphatic rings. The molecule has 0 bridgehead atoms. The highest BCUT2D eigenvalue weighted by Gasteiger charge is 2.33. The van der Waals surface area contributed by atoms with Gasteiger partial charge in [-0.25, -0.2) is 8.78 Å². The van der Waals surface area contributed by atoms with Crippen molar-refractivity contribution in [2.75, 3.05) is 11.9 Å². The summed E-state index contributed by atoms with van der Waals surface area (Å²) in [5.74, 6) is -1.08. The largest absolute Gasteiger partial charge is 0.432 e. The van der Waals surface area contributed by atoms with Gasteiger partial charge in [-0.05, 0) is 17.5 Å². The Labute approximate surface area is 163 Å². The number of carbonyl (C=O) groups excluding carboxylic acids is 1. The van der Waals surface area contributed by atoms with Crippen molar-refractivity contribution in [3.05, 3.63) is 47.2 Å². The van der Waals surface area contributed by atoms with E-state index in [2.05, 4.69) is 20.7 Å². The first kappa shape index (κ1) is 22.3. The number of aliphatic imine (C=N–C) groups is 1. The number of aromatic amines is 1. The summed E-state index contributed by atoms with van der Waals surface area (Å²) in [7, 11) is 0. The van der Waals surface area contributed by atoms with Crippen LogP contribution in [0.3, 0.4) is 0 Å². The minimum atomic E-state index is -4.61. The number of guanidine groups is 1. The van der Waals surface area contributed by atoms with Gasteiger partial charge in [-0.15, -0.1) is 0 Å². The molecule has 29 heavy (non-hydrogen) atoms. The fourth-order valence-electron chi connectivity index (χ4n) is 2.05. The van der Waals surface area contributed by atoms with Gasteiger partial charge in [-0.1, -0.05) is 32.9 Å². The van der Waals surface area contributed by atoms with Crippen molar-refractivity contribution in [1.82, 2.24) is 15.5 Å². The zero-order valence-electron chi connectivity index (χ0n) is 15.9. The van der Waals surface area contributed by atoms with E-state index in [-0.39, 0.29) is 28.3 Å². The Morgan fingerprint density at radius 1 is 1.17 bits per heavy atom. The second-order valence-electron chi connectivity index (χ2n) is 7.39. The molecule has 0 saturated heterocycles. The number of alkyl halides is 5. The summed E-state index contributed by atoms with van der Waals surface area (Å²) in [6.07, 6.45) is -7.28. The number of nitrogens with one attached hydrogen (secondary N) is 3. The summed E-state index contributed by atoms with van der Waals surface area (Å²) in [5.41, 5.74) is -1.49. The van der Waals surface area contributed by atoms with E-state index in [0.29, 0.717) is 6.54 Å². The number of aromatic nitrogens is 2. The highest BCUT2D eigenvalue weighted by molar-refractivity contribution is 6.06. The van der Waals surface area contributed by atoms with Gasteiger partial charge in [-0.2, -0.15) is 23.3 Å². The van der Waals surface area contributed by atoms with Gasteiger partial charge in [-0.3, -0.25) is 9.89 Å². The lowest BCUT2D eigenvalue weighted by molar-refractivity contribution is -0.141. The van der Waals surface area contributed by atoms with Crippen LogP contribution in [0, 0.1) is 5.41 Å². The van der Waals surface area contributed by atoms with E-state index < -0.39 is 24.2 Å². The Bertz CT molecular complexity index is 866. The van der Waals surface area contributed by atoms with Crippen molar-refractivity contribution >= 4 is 17.7 Å². The maximum atomic E-state index is 12.7. The average Bonchev–Trinajstić information content (AvgIpc) is 3.08. The van der Waals surface area contributed by atoms with E-state index in [1.165, 1.54) is 12.1 Å². The zero-order valence-corrected chi connectivity index (χ0v) is 15.9. The second kappa shape index (κ2) is 8.58. The minimum Gasteiger partial charge on any atom is -0.355 e. The Morgan fingerprint density at radius 2 is 1.79 bits per heavy atom. The van der Waals surface area contributed by atoms with Gasteiger partial charge in [0.2, 0.25) is 5.96 Å². The molecule has 1 amide bonds. The van der Waals surface area contributed by atoms with Crippen LogP contribution >= 0.6 is 0 Å². The summed E-state index contributed by atoms with van der Waals surface area (Å²) in [4.78, 5) is 16.2. The van der Waals surface area contributed by atoms with Crippen molar-refractivity contribution in [3.8, 4) is 0 Å². The van der Waals surface area contributed by atoms with E-state index in [1.54, 1.807) is 0 Å². The number of carbonyl (C=O) groups is 1. The van der Waals surface area contributed by atoms with Crippen molar-refractivity contribution in [2.24, 2.45) is 10.4 Å². The molecule has 1 aromatic heterocycles. The van der Waals surface area contributed by atoms with Gasteiger partial charge in [0.25, 0.3) is 12.3 Å². The number of amides is 1. The van der Waals surface area contributed by atoms with Gasteiger partial charge in [0.1, 0.15) is 5.69 Å². The first-order valence-corrected chi connectivity index (χ1v) is 8.50. The maximum Gasteiger partial charge on any atom is 0.432 e. The molecule has 2 aromatic rings. The van der Waals surface area contributed by atoms with Crippen LogP contribution in [-0.2, 0) is 6.18 Å². The van der Waals surface area contributed by atoms with Crippen LogP contribution in [0.4, 0.5) is 27.8 Å². The highest BCUT2D eigenvalue weighted by Crippen LogP contribution is 2.28. The molecule has 1 aromatic carbocycles. The predicted molar refractivity (Wildman–Crippen MR) is 97.8 cm³/mol. The van der Waals surface area contributed by atoms with Gasteiger partial charge >= 0.3 is 6.18 Å². The summed E-state index contributed by atoms with van der Waals surface area (Å²) in [6, 6.07) is 5.34. The van der Waals surface area contributed by atoms with Crippen LogP contribution in [-0.4, -0.2) is 28.6 Å². The van der Waals surface area contributed by atoms with Gasteiger partial charge in [0.15, 0.2) is 5.82 Å². The second-order valence-corrected chi connectivity index (χ2v) is 7.39. The first-order chi connectivity index (χ1) is 13.3. The van der Waals surface area contributed by atoms with Crippen molar-refractivity contribution < 1.29 is 26.7 Å². The molecule has 6 nitrogen and oxygen atoms in total. The van der Waals surface area contributed by atoms with Crippen LogP contribution in [0.5, 0.6) is 0 Å². The number of halogens is 5. The third-order valence-corrected chi connectivity index (χ3v) is 3.54. The number of rotatable bonds is 4. The number of anilines is 1. The van der Waals surface area contributed by atoms with E-state index in [0.717, 1.165) is 18.2 Å². The lowest BCUT2D eigenvalue weighted by atomic mass is 9.97. The number of hydrogen-bond donors (Lipinski definition) is 3. The highest BCUT2D eigenvalue weighted by atomic mass is 19.4. The Hall–Kier alpha value is -2.98. The third kappa shape index (κ3) is 6.84. The summed E-state index contributed by atoms with van der Waals surface area (Å²) >= 11 is 0. The fraction of sp³-hybridized carbons (Fsp3) is 0.389. The number of H-pyrrole nitrogens is 1. The molecule has 0 radical (unpaired) electrons. The molecule has 0 unspecified atom stereocenters. The maximum absolute atomic E-state index is 12.7. The Balaban J connectivity index is 2.24. The van der Waals surface area contributed by atoms with Crippen LogP contribution in [0.25, 0.3) is 0 Å². The average molecular weight is 417 g/mol. The van der Waals surface area contributed by atoms with Crippen LogP contribution < -0.4 is 10.6 Å². The molecule has 1 heterocycles. The normalized spacial score (nSPS) is 12.9. The monoisotopic (exact) mass is 417 g/mol. The molecule has 158 valence electrons. The summed E-state index contributed by atoms with van der Waals surface area (Å²) in [6.45, 7) is 6.05. The first-order valence-electron chi connectivity index (χ1n) is 8.50. The SMILES string of the molecule is CC(C)(C)CN/C(=N/C(=O)c1ccc(C(F)F)cc1)Nc1cc(C(F)(F)F)[nH]n1. The van der Waals surface area contributed by atoms with Gasteiger partial charge in [0, 0.05) is 23.7 Å². The molecule has 2 rings (SSSR count). The van der Waals surface area contributed by atoms with Crippen LogP contribution in [0.2, 0.25) is 0 Å². The van der Waals surface area contributed by atoms with Crippen LogP contribution in [0.1, 0.15) is 48.8 Å². The van der Waals surface area contributed by atoms with E-state index >= 15 is 0 Å². The quantitative estimate of drug-likeness (QED) is 0.386.